The zero-order chi connectivity index (χ0) is 20.5. The Morgan fingerprint density at radius 1 is 0.862 bits per heavy atom. The topological polar surface area (TPSA) is 108 Å². The van der Waals surface area contributed by atoms with Gasteiger partial charge in [0.05, 0.1) is 38.0 Å². The van der Waals surface area contributed by atoms with E-state index in [1.807, 2.05) is 60.7 Å². The number of aromatic nitrogens is 2. The molecule has 29 heavy (non-hydrogen) atoms. The van der Waals surface area contributed by atoms with Crippen LogP contribution in [0, 0.1) is 0 Å². The largest absolute Gasteiger partial charge is 0.394 e. The fourth-order valence-corrected chi connectivity index (χ4v) is 3.03. The smallest absolute Gasteiger partial charge is 0.128 e. The Balaban J connectivity index is 1.75. The number of nitrogens with zero attached hydrogens (tertiary/aromatic N) is 1. The minimum Gasteiger partial charge on any atom is -0.394 e. The standard InChI is InChI=1S/C22H26N2O5/c25-12-19(26)22(29-14-17-9-5-2-6-10-17)20(27)21(18-11-23-15-24-18)28-13-16-7-3-1-4-8-16/h1-11,15,19-22,25-27H,12-14H2,(H,23,24)/t19-,20+,21+,22+/m0/s1. The van der Waals surface area contributed by atoms with E-state index in [0.717, 1.165) is 11.1 Å². The average molecular weight is 398 g/mol. The van der Waals surface area contributed by atoms with E-state index in [0.29, 0.717) is 5.69 Å². The maximum atomic E-state index is 11.0. The Morgan fingerprint density at radius 2 is 1.45 bits per heavy atom. The summed E-state index contributed by atoms with van der Waals surface area (Å²) in [5.41, 5.74) is 2.37. The van der Waals surface area contributed by atoms with Crippen LogP contribution in [0.4, 0.5) is 0 Å². The number of aliphatic hydroxyl groups excluding tert-OH is 3. The zero-order valence-electron chi connectivity index (χ0n) is 16.0. The minimum atomic E-state index is -1.28. The molecule has 0 aliphatic heterocycles. The summed E-state index contributed by atoms with van der Waals surface area (Å²) in [6.07, 6.45) is -1.38. The number of aromatic amines is 1. The van der Waals surface area contributed by atoms with Crippen molar-refractivity contribution in [3.05, 3.63) is 90.0 Å². The molecule has 3 rings (SSSR count). The lowest BCUT2D eigenvalue weighted by Gasteiger charge is -2.31. The molecular formula is C22H26N2O5. The first kappa shape index (κ1) is 21.2. The summed E-state index contributed by atoms with van der Waals surface area (Å²) in [5.74, 6) is 0. The molecular weight excluding hydrogens is 372 g/mol. The Bertz CT molecular complexity index is 814. The lowest BCUT2D eigenvalue weighted by molar-refractivity contribution is -0.163. The number of rotatable bonds is 11. The van der Waals surface area contributed by atoms with Gasteiger partial charge in [-0.1, -0.05) is 60.7 Å². The molecule has 3 aromatic rings. The highest BCUT2D eigenvalue weighted by Gasteiger charge is 2.36. The normalized spacial score (nSPS) is 15.6. The molecule has 4 N–H and O–H groups in total. The van der Waals surface area contributed by atoms with Crippen molar-refractivity contribution in [2.24, 2.45) is 0 Å². The highest BCUT2D eigenvalue weighted by molar-refractivity contribution is 5.15. The van der Waals surface area contributed by atoms with Crippen molar-refractivity contribution in [3.63, 3.8) is 0 Å². The van der Waals surface area contributed by atoms with Crippen molar-refractivity contribution >= 4 is 0 Å². The molecule has 7 nitrogen and oxygen atoms in total. The van der Waals surface area contributed by atoms with Crippen LogP contribution in [0.3, 0.4) is 0 Å². The predicted molar refractivity (Wildman–Crippen MR) is 107 cm³/mol. The van der Waals surface area contributed by atoms with Gasteiger partial charge in [0.2, 0.25) is 0 Å². The molecule has 0 radical (unpaired) electrons. The Morgan fingerprint density at radius 3 is 1.97 bits per heavy atom. The van der Waals surface area contributed by atoms with E-state index in [1.54, 1.807) is 6.20 Å². The van der Waals surface area contributed by atoms with Gasteiger partial charge in [0, 0.05) is 0 Å². The van der Waals surface area contributed by atoms with Gasteiger partial charge < -0.3 is 29.8 Å². The number of hydrogen-bond acceptors (Lipinski definition) is 6. The highest BCUT2D eigenvalue weighted by Crippen LogP contribution is 2.26. The first-order valence-corrected chi connectivity index (χ1v) is 9.45. The third-order valence-electron chi connectivity index (χ3n) is 4.60. The molecule has 0 saturated carbocycles. The van der Waals surface area contributed by atoms with Gasteiger partial charge in [-0.3, -0.25) is 0 Å². The lowest BCUT2D eigenvalue weighted by Crippen LogP contribution is -2.45. The third-order valence-corrected chi connectivity index (χ3v) is 4.60. The maximum absolute atomic E-state index is 11.0. The number of imidazole rings is 1. The van der Waals surface area contributed by atoms with Crippen LogP contribution in [0.25, 0.3) is 0 Å². The molecule has 0 aliphatic rings. The molecule has 0 bridgehead atoms. The Kier molecular flexibility index (Phi) is 7.92. The van der Waals surface area contributed by atoms with Gasteiger partial charge in [-0.2, -0.15) is 0 Å². The highest BCUT2D eigenvalue weighted by atomic mass is 16.5. The first-order chi connectivity index (χ1) is 14.2. The van der Waals surface area contributed by atoms with E-state index in [2.05, 4.69) is 9.97 Å². The summed E-state index contributed by atoms with van der Waals surface area (Å²) in [5, 5.41) is 30.8. The molecule has 7 heteroatoms. The molecule has 1 aromatic heterocycles. The minimum absolute atomic E-state index is 0.175. The number of hydrogen-bond donors (Lipinski definition) is 4. The first-order valence-electron chi connectivity index (χ1n) is 9.45. The molecule has 0 amide bonds. The maximum Gasteiger partial charge on any atom is 0.128 e. The van der Waals surface area contributed by atoms with Gasteiger partial charge >= 0.3 is 0 Å². The van der Waals surface area contributed by atoms with Crippen molar-refractivity contribution in [3.8, 4) is 0 Å². The molecule has 4 atom stereocenters. The number of H-pyrrole nitrogens is 1. The second kappa shape index (κ2) is 10.8. The van der Waals surface area contributed by atoms with E-state index < -0.39 is 31.0 Å². The van der Waals surface area contributed by atoms with E-state index >= 15 is 0 Å². The van der Waals surface area contributed by atoms with Gasteiger partial charge in [0.15, 0.2) is 0 Å². The summed E-state index contributed by atoms with van der Waals surface area (Å²) in [6.45, 7) is -0.124. The van der Waals surface area contributed by atoms with Crippen molar-refractivity contribution < 1.29 is 24.8 Å². The average Bonchev–Trinajstić information content (AvgIpc) is 3.30. The van der Waals surface area contributed by atoms with Crippen LogP contribution >= 0.6 is 0 Å². The van der Waals surface area contributed by atoms with E-state index in [1.165, 1.54) is 6.33 Å². The molecule has 2 aromatic carbocycles. The van der Waals surface area contributed by atoms with Crippen molar-refractivity contribution in [1.29, 1.82) is 0 Å². The van der Waals surface area contributed by atoms with Gasteiger partial charge in [0.1, 0.15) is 24.4 Å². The van der Waals surface area contributed by atoms with E-state index in [4.69, 9.17) is 9.47 Å². The molecule has 0 unspecified atom stereocenters. The number of benzene rings is 2. The Hall–Kier alpha value is -2.55. The van der Waals surface area contributed by atoms with Gasteiger partial charge in [-0.05, 0) is 11.1 Å². The number of ether oxygens (including phenoxy) is 2. The van der Waals surface area contributed by atoms with Crippen molar-refractivity contribution in [1.82, 2.24) is 9.97 Å². The van der Waals surface area contributed by atoms with E-state index in [9.17, 15) is 15.3 Å². The van der Waals surface area contributed by atoms with Crippen molar-refractivity contribution in [2.75, 3.05) is 6.61 Å². The van der Waals surface area contributed by atoms with E-state index in [-0.39, 0.29) is 13.2 Å². The van der Waals surface area contributed by atoms with Crippen LogP contribution < -0.4 is 0 Å². The van der Waals surface area contributed by atoms with Crippen LogP contribution in [0.5, 0.6) is 0 Å². The fraction of sp³-hybridized carbons (Fsp3) is 0.318. The van der Waals surface area contributed by atoms with Crippen LogP contribution in [0.2, 0.25) is 0 Å². The fourth-order valence-electron chi connectivity index (χ4n) is 3.03. The second-order valence-corrected chi connectivity index (χ2v) is 6.73. The number of aliphatic hydroxyl groups is 3. The molecule has 0 aliphatic carbocycles. The summed E-state index contributed by atoms with van der Waals surface area (Å²) < 4.78 is 11.8. The SMILES string of the molecule is OC[C@H](O)[C@@H](OCc1ccccc1)[C@H](O)[C@H](OCc1ccccc1)c1cnc[nH]1. The number of nitrogens with one attached hydrogen (secondary N) is 1. The quantitative estimate of drug-likeness (QED) is 0.393. The van der Waals surface area contributed by atoms with Crippen molar-refractivity contribution in [2.45, 2.75) is 37.6 Å². The third kappa shape index (κ3) is 5.96. The molecule has 154 valence electrons. The summed E-state index contributed by atoms with van der Waals surface area (Å²) in [4.78, 5) is 6.94. The van der Waals surface area contributed by atoms with Crippen LogP contribution in [0.15, 0.2) is 73.2 Å². The summed E-state index contributed by atoms with van der Waals surface area (Å²) >= 11 is 0. The Labute approximate surface area is 169 Å². The monoisotopic (exact) mass is 398 g/mol. The summed E-state index contributed by atoms with van der Waals surface area (Å²) in [7, 11) is 0. The van der Waals surface area contributed by atoms with Crippen LogP contribution in [-0.4, -0.2) is 50.2 Å². The molecule has 0 spiro atoms. The molecule has 0 saturated heterocycles. The van der Waals surface area contributed by atoms with Gasteiger partial charge in [0.25, 0.3) is 0 Å². The second-order valence-electron chi connectivity index (χ2n) is 6.73. The molecule has 1 heterocycles. The predicted octanol–water partition coefficient (Wildman–Crippen LogP) is 1.97. The molecule has 0 fully saturated rings. The lowest BCUT2D eigenvalue weighted by atomic mass is 10.0. The van der Waals surface area contributed by atoms with Crippen LogP contribution in [-0.2, 0) is 22.7 Å². The van der Waals surface area contributed by atoms with Crippen LogP contribution in [0.1, 0.15) is 22.9 Å². The van der Waals surface area contributed by atoms with Gasteiger partial charge in [-0.15, -0.1) is 0 Å². The summed E-state index contributed by atoms with van der Waals surface area (Å²) in [6, 6.07) is 19.0. The zero-order valence-corrected chi connectivity index (χ0v) is 16.0. The van der Waals surface area contributed by atoms with Gasteiger partial charge in [-0.25, -0.2) is 4.98 Å².